The lowest BCUT2D eigenvalue weighted by Gasteiger charge is -2.34. The maximum atomic E-state index is 13.0. The van der Waals surface area contributed by atoms with Crippen molar-refractivity contribution in [3.63, 3.8) is 0 Å². The molecule has 0 bridgehead atoms. The number of nitrogens with zero attached hydrogens (tertiary/aromatic N) is 2. The third-order valence-electron chi connectivity index (χ3n) is 4.82. The van der Waals surface area contributed by atoms with Crippen LogP contribution in [-0.4, -0.2) is 64.9 Å². The van der Waals surface area contributed by atoms with Gasteiger partial charge in [-0.3, -0.25) is 9.59 Å². The van der Waals surface area contributed by atoms with Gasteiger partial charge in [0.1, 0.15) is 12.0 Å². The van der Waals surface area contributed by atoms with E-state index in [9.17, 15) is 14.4 Å². The molecule has 0 atom stereocenters. The van der Waals surface area contributed by atoms with Gasteiger partial charge in [0, 0.05) is 31.9 Å². The van der Waals surface area contributed by atoms with Crippen LogP contribution in [0.1, 0.15) is 56.3 Å². The van der Waals surface area contributed by atoms with Crippen LogP contribution in [0.5, 0.6) is 0 Å². The molecule has 0 radical (unpaired) electrons. The Morgan fingerprint density at radius 1 is 1.07 bits per heavy atom. The Morgan fingerprint density at radius 3 is 2.21 bits per heavy atom. The number of rotatable bonds is 4. The van der Waals surface area contributed by atoms with Crippen molar-refractivity contribution >= 4 is 17.8 Å². The summed E-state index contributed by atoms with van der Waals surface area (Å²) in [6.45, 7) is 8.79. The summed E-state index contributed by atoms with van der Waals surface area (Å²) in [5.41, 5.74) is 2.50. The van der Waals surface area contributed by atoms with E-state index in [0.29, 0.717) is 54.3 Å². The Balaban J connectivity index is 1.69. The normalized spacial score (nSPS) is 14.5. The minimum Gasteiger partial charge on any atom is -0.472 e. The highest BCUT2D eigenvalue weighted by Gasteiger charge is 2.30. The molecule has 2 aromatic heterocycles. The standard InChI is InChI=1S/C20H25N3O5/c1-12(2)28-20(26)16-13(3)17(21-14(16)4)19(25)23-8-6-22(7-9-23)18(24)15-5-10-27-11-15/h5,10-12,21H,6-9H2,1-4H3. The SMILES string of the molecule is Cc1[nH]c(C(=O)N2CCN(C(=O)c3ccoc3)CC2)c(C)c1C(=O)OC(C)C. The molecule has 2 aromatic rings. The number of carbonyl (C=O) groups excluding carboxylic acids is 3. The van der Waals surface area contributed by atoms with Crippen molar-refractivity contribution in [2.24, 2.45) is 0 Å². The molecular weight excluding hydrogens is 362 g/mol. The largest absolute Gasteiger partial charge is 0.472 e. The number of esters is 1. The summed E-state index contributed by atoms with van der Waals surface area (Å²) in [5, 5.41) is 0. The second-order valence-corrected chi connectivity index (χ2v) is 7.18. The van der Waals surface area contributed by atoms with Crippen molar-refractivity contribution in [3.8, 4) is 0 Å². The zero-order valence-corrected chi connectivity index (χ0v) is 16.6. The summed E-state index contributed by atoms with van der Waals surface area (Å²) in [7, 11) is 0. The summed E-state index contributed by atoms with van der Waals surface area (Å²) < 4.78 is 10.2. The molecule has 28 heavy (non-hydrogen) atoms. The highest BCUT2D eigenvalue weighted by Crippen LogP contribution is 2.22. The number of hydrogen-bond acceptors (Lipinski definition) is 5. The Labute approximate surface area is 163 Å². The zero-order valence-electron chi connectivity index (χ0n) is 16.6. The average Bonchev–Trinajstić information content (AvgIpc) is 3.28. The Morgan fingerprint density at radius 2 is 1.68 bits per heavy atom. The van der Waals surface area contributed by atoms with E-state index in [1.54, 1.807) is 43.6 Å². The van der Waals surface area contributed by atoms with Crippen molar-refractivity contribution in [1.29, 1.82) is 0 Å². The monoisotopic (exact) mass is 387 g/mol. The second kappa shape index (κ2) is 7.92. The van der Waals surface area contributed by atoms with Gasteiger partial charge in [0.25, 0.3) is 11.8 Å². The predicted molar refractivity (Wildman–Crippen MR) is 101 cm³/mol. The molecule has 1 aliphatic heterocycles. The Bertz CT molecular complexity index is 874. The number of H-pyrrole nitrogens is 1. The van der Waals surface area contributed by atoms with Crippen LogP contribution in [0.2, 0.25) is 0 Å². The lowest BCUT2D eigenvalue weighted by molar-refractivity contribution is 0.0376. The van der Waals surface area contributed by atoms with E-state index in [1.165, 1.54) is 12.5 Å². The average molecular weight is 387 g/mol. The third-order valence-corrected chi connectivity index (χ3v) is 4.82. The van der Waals surface area contributed by atoms with Crippen molar-refractivity contribution in [2.45, 2.75) is 33.8 Å². The number of hydrogen-bond donors (Lipinski definition) is 1. The molecule has 0 unspecified atom stereocenters. The van der Waals surface area contributed by atoms with Crippen LogP contribution in [0, 0.1) is 13.8 Å². The molecule has 1 aliphatic rings. The lowest BCUT2D eigenvalue weighted by atomic mass is 10.1. The van der Waals surface area contributed by atoms with E-state index in [0.717, 1.165) is 0 Å². The number of furan rings is 1. The third kappa shape index (κ3) is 3.81. The van der Waals surface area contributed by atoms with Crippen molar-refractivity contribution in [2.75, 3.05) is 26.2 Å². The smallest absolute Gasteiger partial charge is 0.340 e. The van der Waals surface area contributed by atoms with Gasteiger partial charge >= 0.3 is 5.97 Å². The van der Waals surface area contributed by atoms with E-state index in [-0.39, 0.29) is 17.9 Å². The fourth-order valence-corrected chi connectivity index (χ4v) is 3.38. The van der Waals surface area contributed by atoms with Gasteiger partial charge in [-0.15, -0.1) is 0 Å². The molecule has 2 amide bonds. The molecule has 1 fully saturated rings. The van der Waals surface area contributed by atoms with Crippen molar-refractivity contribution in [1.82, 2.24) is 14.8 Å². The minimum absolute atomic E-state index is 0.105. The van der Waals surface area contributed by atoms with Gasteiger partial charge in [-0.25, -0.2) is 4.79 Å². The summed E-state index contributed by atoms with van der Waals surface area (Å²) in [4.78, 5) is 44.1. The topological polar surface area (TPSA) is 95.9 Å². The molecule has 3 rings (SSSR count). The molecule has 3 heterocycles. The number of nitrogens with one attached hydrogen (secondary N) is 1. The molecule has 1 N–H and O–H groups in total. The molecule has 0 aromatic carbocycles. The summed E-state index contributed by atoms with van der Waals surface area (Å²) in [5.74, 6) is -0.720. The van der Waals surface area contributed by atoms with E-state index >= 15 is 0 Å². The molecule has 8 nitrogen and oxygen atoms in total. The van der Waals surface area contributed by atoms with Gasteiger partial charge in [0.15, 0.2) is 0 Å². The molecule has 150 valence electrons. The number of amides is 2. The van der Waals surface area contributed by atoms with Crippen LogP contribution < -0.4 is 0 Å². The fraction of sp³-hybridized carbons (Fsp3) is 0.450. The van der Waals surface area contributed by atoms with E-state index in [1.807, 2.05) is 0 Å². The number of aromatic nitrogens is 1. The number of aromatic amines is 1. The van der Waals surface area contributed by atoms with E-state index in [4.69, 9.17) is 9.15 Å². The number of carbonyl (C=O) groups is 3. The molecule has 0 aliphatic carbocycles. The van der Waals surface area contributed by atoms with Gasteiger partial charge in [-0.2, -0.15) is 0 Å². The first-order valence-electron chi connectivity index (χ1n) is 9.30. The van der Waals surface area contributed by atoms with E-state index < -0.39 is 5.97 Å². The van der Waals surface area contributed by atoms with Crippen LogP contribution in [-0.2, 0) is 4.74 Å². The van der Waals surface area contributed by atoms with Gasteiger partial charge in [0.2, 0.25) is 0 Å². The summed E-state index contributed by atoms with van der Waals surface area (Å²) >= 11 is 0. The number of ether oxygens (including phenoxy) is 1. The summed E-state index contributed by atoms with van der Waals surface area (Å²) in [6.07, 6.45) is 2.65. The Kier molecular flexibility index (Phi) is 5.58. The highest BCUT2D eigenvalue weighted by atomic mass is 16.5. The molecule has 1 saturated heterocycles. The fourth-order valence-electron chi connectivity index (χ4n) is 3.38. The summed E-state index contributed by atoms with van der Waals surface area (Å²) in [6, 6.07) is 1.63. The van der Waals surface area contributed by atoms with Gasteiger partial charge in [-0.05, 0) is 39.3 Å². The zero-order chi connectivity index (χ0) is 20.4. The quantitative estimate of drug-likeness (QED) is 0.813. The van der Waals surface area contributed by atoms with Crippen molar-refractivity contribution < 1.29 is 23.5 Å². The second-order valence-electron chi connectivity index (χ2n) is 7.18. The van der Waals surface area contributed by atoms with Crippen LogP contribution in [0.3, 0.4) is 0 Å². The van der Waals surface area contributed by atoms with Gasteiger partial charge in [-0.1, -0.05) is 0 Å². The van der Waals surface area contributed by atoms with Crippen LogP contribution in [0.4, 0.5) is 0 Å². The van der Waals surface area contributed by atoms with Crippen molar-refractivity contribution in [3.05, 3.63) is 46.7 Å². The molecule has 0 spiro atoms. The molecule has 8 heteroatoms. The van der Waals surface area contributed by atoms with Crippen LogP contribution in [0.25, 0.3) is 0 Å². The first-order chi connectivity index (χ1) is 13.3. The van der Waals surface area contributed by atoms with Gasteiger partial charge in [0.05, 0.1) is 23.5 Å². The number of aryl methyl sites for hydroxylation is 1. The molecule has 0 saturated carbocycles. The Hall–Kier alpha value is -3.03. The predicted octanol–water partition coefficient (Wildman–Crippen LogP) is 2.39. The highest BCUT2D eigenvalue weighted by molar-refractivity contribution is 6.00. The minimum atomic E-state index is -0.434. The first kappa shape index (κ1) is 19.7. The van der Waals surface area contributed by atoms with Crippen LogP contribution >= 0.6 is 0 Å². The first-order valence-corrected chi connectivity index (χ1v) is 9.30. The lowest BCUT2D eigenvalue weighted by Crippen LogP contribution is -2.50. The van der Waals surface area contributed by atoms with Gasteiger partial charge < -0.3 is 23.9 Å². The maximum absolute atomic E-state index is 13.0. The number of piperazine rings is 1. The molecular formula is C20H25N3O5. The maximum Gasteiger partial charge on any atom is 0.340 e. The van der Waals surface area contributed by atoms with E-state index in [2.05, 4.69) is 4.98 Å². The van der Waals surface area contributed by atoms with Crippen LogP contribution in [0.15, 0.2) is 23.0 Å².